The summed E-state index contributed by atoms with van der Waals surface area (Å²) >= 11 is 0. The standard InChI is InChI=1S/C7H14N2O/c8-6-3-1-2-4-7(6,9)5-10/h5-6H,1-4,8-9H2. The zero-order chi connectivity index (χ0) is 7.61. The summed E-state index contributed by atoms with van der Waals surface area (Å²) < 4.78 is 0. The average molecular weight is 142 g/mol. The van der Waals surface area contributed by atoms with Crippen molar-refractivity contribution in [2.45, 2.75) is 37.3 Å². The van der Waals surface area contributed by atoms with E-state index < -0.39 is 5.54 Å². The molecule has 3 heteroatoms. The molecule has 3 nitrogen and oxygen atoms in total. The van der Waals surface area contributed by atoms with Gasteiger partial charge in [-0.3, -0.25) is 0 Å². The molecule has 0 spiro atoms. The Labute approximate surface area is 60.8 Å². The average Bonchev–Trinajstić information content (AvgIpc) is 1.96. The van der Waals surface area contributed by atoms with Crippen LogP contribution in [0.3, 0.4) is 0 Å². The highest BCUT2D eigenvalue weighted by atomic mass is 16.1. The SMILES string of the molecule is NC1CCCCC1(N)C=O. The summed E-state index contributed by atoms with van der Waals surface area (Å²) in [6.45, 7) is 0. The molecule has 0 aromatic carbocycles. The summed E-state index contributed by atoms with van der Waals surface area (Å²) in [6, 6.07) is -0.126. The van der Waals surface area contributed by atoms with Crippen LogP contribution in [0.5, 0.6) is 0 Å². The molecule has 1 aliphatic carbocycles. The van der Waals surface area contributed by atoms with E-state index in [0.717, 1.165) is 32.0 Å². The number of carbonyl (C=O) groups excluding carboxylic acids is 1. The van der Waals surface area contributed by atoms with Crippen molar-refractivity contribution in [1.29, 1.82) is 0 Å². The van der Waals surface area contributed by atoms with Gasteiger partial charge in [0.15, 0.2) is 0 Å². The molecule has 0 heterocycles. The van der Waals surface area contributed by atoms with E-state index in [9.17, 15) is 4.79 Å². The highest BCUT2D eigenvalue weighted by Crippen LogP contribution is 2.22. The van der Waals surface area contributed by atoms with Gasteiger partial charge in [-0.25, -0.2) is 0 Å². The normalized spacial score (nSPS) is 41.2. The van der Waals surface area contributed by atoms with Crippen LogP contribution in [0.15, 0.2) is 0 Å². The van der Waals surface area contributed by atoms with E-state index in [4.69, 9.17) is 11.5 Å². The van der Waals surface area contributed by atoms with Crippen LogP contribution in [0.25, 0.3) is 0 Å². The first-order valence-corrected chi connectivity index (χ1v) is 3.70. The molecule has 2 unspecified atom stereocenters. The zero-order valence-corrected chi connectivity index (χ0v) is 6.05. The molecule has 0 amide bonds. The van der Waals surface area contributed by atoms with Gasteiger partial charge in [-0.2, -0.15) is 0 Å². The summed E-state index contributed by atoms with van der Waals surface area (Å²) in [5, 5.41) is 0. The Morgan fingerprint density at radius 2 is 2.20 bits per heavy atom. The van der Waals surface area contributed by atoms with E-state index in [1.165, 1.54) is 0 Å². The van der Waals surface area contributed by atoms with Crippen LogP contribution in [-0.2, 0) is 4.79 Å². The Morgan fingerprint density at radius 1 is 1.50 bits per heavy atom. The van der Waals surface area contributed by atoms with E-state index in [1.807, 2.05) is 0 Å². The molecule has 4 N–H and O–H groups in total. The van der Waals surface area contributed by atoms with E-state index >= 15 is 0 Å². The van der Waals surface area contributed by atoms with E-state index in [-0.39, 0.29) is 6.04 Å². The summed E-state index contributed by atoms with van der Waals surface area (Å²) in [7, 11) is 0. The van der Waals surface area contributed by atoms with Gasteiger partial charge in [-0.1, -0.05) is 12.8 Å². The molecule has 0 saturated heterocycles. The number of nitrogens with two attached hydrogens (primary N) is 2. The Hall–Kier alpha value is -0.410. The lowest BCUT2D eigenvalue weighted by Gasteiger charge is -2.33. The van der Waals surface area contributed by atoms with Crippen LogP contribution < -0.4 is 11.5 Å². The molecular weight excluding hydrogens is 128 g/mol. The lowest BCUT2D eigenvalue weighted by Crippen LogP contribution is -2.58. The van der Waals surface area contributed by atoms with Gasteiger partial charge in [0.25, 0.3) is 0 Å². The first-order chi connectivity index (χ1) is 4.69. The molecule has 0 aliphatic heterocycles. The van der Waals surface area contributed by atoms with E-state index in [0.29, 0.717) is 0 Å². The molecule has 1 saturated carbocycles. The second kappa shape index (κ2) is 2.68. The van der Waals surface area contributed by atoms with Gasteiger partial charge >= 0.3 is 0 Å². The van der Waals surface area contributed by atoms with Crippen molar-refractivity contribution in [1.82, 2.24) is 0 Å². The quantitative estimate of drug-likeness (QED) is 0.497. The van der Waals surface area contributed by atoms with Gasteiger partial charge in [0.1, 0.15) is 6.29 Å². The molecule has 10 heavy (non-hydrogen) atoms. The van der Waals surface area contributed by atoms with Gasteiger partial charge in [0.2, 0.25) is 0 Å². The highest BCUT2D eigenvalue weighted by Gasteiger charge is 2.34. The summed E-state index contributed by atoms with van der Waals surface area (Å²) in [4.78, 5) is 10.5. The van der Waals surface area contributed by atoms with E-state index in [2.05, 4.69) is 0 Å². The molecule has 58 valence electrons. The van der Waals surface area contributed by atoms with Crippen molar-refractivity contribution >= 4 is 6.29 Å². The fraction of sp³-hybridized carbons (Fsp3) is 0.857. The third kappa shape index (κ3) is 1.20. The molecule has 0 radical (unpaired) electrons. The molecule has 0 bridgehead atoms. The van der Waals surface area contributed by atoms with Crippen LogP contribution in [0.1, 0.15) is 25.7 Å². The second-order valence-electron chi connectivity index (χ2n) is 3.08. The second-order valence-corrected chi connectivity index (χ2v) is 3.08. The minimum absolute atomic E-state index is 0.126. The molecule has 1 rings (SSSR count). The van der Waals surface area contributed by atoms with Gasteiger partial charge < -0.3 is 16.3 Å². The fourth-order valence-corrected chi connectivity index (χ4v) is 1.40. The van der Waals surface area contributed by atoms with Crippen LogP contribution in [0, 0.1) is 0 Å². The van der Waals surface area contributed by atoms with Crippen molar-refractivity contribution in [3.05, 3.63) is 0 Å². The molecule has 0 aromatic heterocycles. The van der Waals surface area contributed by atoms with Crippen molar-refractivity contribution in [2.24, 2.45) is 11.5 Å². The summed E-state index contributed by atoms with van der Waals surface area (Å²) in [5.41, 5.74) is 10.7. The summed E-state index contributed by atoms with van der Waals surface area (Å²) in [6.07, 6.45) is 4.57. The molecule has 0 aromatic rings. The van der Waals surface area contributed by atoms with Gasteiger partial charge in [0, 0.05) is 6.04 Å². The van der Waals surface area contributed by atoms with E-state index in [1.54, 1.807) is 0 Å². The van der Waals surface area contributed by atoms with Crippen LogP contribution in [0.2, 0.25) is 0 Å². The maximum absolute atomic E-state index is 10.5. The number of rotatable bonds is 1. The highest BCUT2D eigenvalue weighted by molar-refractivity contribution is 5.65. The van der Waals surface area contributed by atoms with Crippen molar-refractivity contribution in [3.8, 4) is 0 Å². The minimum atomic E-state index is -0.724. The predicted molar refractivity (Wildman–Crippen MR) is 39.4 cm³/mol. The molecule has 2 atom stereocenters. The Balaban J connectivity index is 2.62. The minimum Gasteiger partial charge on any atom is -0.326 e. The molecule has 1 aliphatic rings. The fourth-order valence-electron chi connectivity index (χ4n) is 1.40. The summed E-state index contributed by atoms with van der Waals surface area (Å²) in [5.74, 6) is 0. The lowest BCUT2D eigenvalue weighted by molar-refractivity contribution is -0.113. The largest absolute Gasteiger partial charge is 0.326 e. The van der Waals surface area contributed by atoms with Crippen LogP contribution in [-0.4, -0.2) is 17.9 Å². The number of aldehydes is 1. The first-order valence-electron chi connectivity index (χ1n) is 3.70. The topological polar surface area (TPSA) is 69.1 Å². The van der Waals surface area contributed by atoms with Gasteiger partial charge in [0.05, 0.1) is 5.54 Å². The third-order valence-electron chi connectivity index (χ3n) is 2.28. The van der Waals surface area contributed by atoms with Crippen molar-refractivity contribution < 1.29 is 4.79 Å². The van der Waals surface area contributed by atoms with Crippen LogP contribution in [0.4, 0.5) is 0 Å². The predicted octanol–water partition coefficient (Wildman–Crippen LogP) is -0.216. The Kier molecular flexibility index (Phi) is 2.06. The monoisotopic (exact) mass is 142 g/mol. The van der Waals surface area contributed by atoms with Crippen LogP contribution >= 0.6 is 0 Å². The Morgan fingerprint density at radius 3 is 2.60 bits per heavy atom. The number of hydrogen-bond donors (Lipinski definition) is 2. The third-order valence-corrected chi connectivity index (χ3v) is 2.28. The Bertz CT molecular complexity index is 138. The smallest absolute Gasteiger partial charge is 0.141 e. The zero-order valence-electron chi connectivity index (χ0n) is 6.05. The van der Waals surface area contributed by atoms with Gasteiger partial charge in [-0.05, 0) is 12.8 Å². The number of carbonyl (C=O) groups is 1. The maximum atomic E-state index is 10.5. The van der Waals surface area contributed by atoms with Crippen molar-refractivity contribution in [3.63, 3.8) is 0 Å². The van der Waals surface area contributed by atoms with Crippen molar-refractivity contribution in [2.75, 3.05) is 0 Å². The molecule has 1 fully saturated rings. The lowest BCUT2D eigenvalue weighted by atomic mass is 9.80. The number of hydrogen-bond acceptors (Lipinski definition) is 3. The maximum Gasteiger partial charge on any atom is 0.141 e. The molecular formula is C7H14N2O. The first kappa shape index (κ1) is 7.69. The van der Waals surface area contributed by atoms with Gasteiger partial charge in [-0.15, -0.1) is 0 Å².